The standard InChI is InChI=1S/C18H27FO2/c1-2-3-4-5-6-7-8-9-15-13-17(20)16-12-14(19)10-11-18(16)21-15/h10-12,15,17,20H,2-9,13H2,1H3. The number of halogens is 1. The van der Waals surface area contributed by atoms with Gasteiger partial charge in [-0.05, 0) is 31.0 Å². The van der Waals surface area contributed by atoms with Gasteiger partial charge in [0.1, 0.15) is 17.7 Å². The minimum Gasteiger partial charge on any atom is -0.490 e. The number of hydrogen-bond donors (Lipinski definition) is 1. The minimum atomic E-state index is -0.598. The van der Waals surface area contributed by atoms with Gasteiger partial charge < -0.3 is 9.84 Å². The van der Waals surface area contributed by atoms with Gasteiger partial charge in [0.05, 0.1) is 6.10 Å². The Balaban J connectivity index is 1.70. The zero-order chi connectivity index (χ0) is 15.1. The summed E-state index contributed by atoms with van der Waals surface area (Å²) in [5.74, 6) is 0.324. The Morgan fingerprint density at radius 1 is 1.14 bits per heavy atom. The number of ether oxygens (including phenoxy) is 1. The van der Waals surface area contributed by atoms with Crippen LogP contribution in [0, 0.1) is 5.82 Å². The topological polar surface area (TPSA) is 29.5 Å². The molecule has 0 bridgehead atoms. The van der Waals surface area contributed by atoms with Crippen LogP contribution in [0.3, 0.4) is 0 Å². The summed E-state index contributed by atoms with van der Waals surface area (Å²) in [5, 5.41) is 10.1. The fraction of sp³-hybridized carbons (Fsp3) is 0.667. The van der Waals surface area contributed by atoms with Gasteiger partial charge >= 0.3 is 0 Å². The molecule has 0 saturated carbocycles. The Hall–Kier alpha value is -1.09. The number of rotatable bonds is 8. The van der Waals surface area contributed by atoms with Crippen LogP contribution in [0.25, 0.3) is 0 Å². The summed E-state index contributed by atoms with van der Waals surface area (Å²) in [4.78, 5) is 0. The average Bonchev–Trinajstić information content (AvgIpc) is 2.47. The molecule has 0 radical (unpaired) electrons. The van der Waals surface area contributed by atoms with E-state index in [2.05, 4.69) is 6.92 Å². The van der Waals surface area contributed by atoms with Gasteiger partial charge in [-0.2, -0.15) is 0 Å². The molecule has 1 aliphatic rings. The van der Waals surface area contributed by atoms with Gasteiger partial charge in [0, 0.05) is 12.0 Å². The summed E-state index contributed by atoms with van der Waals surface area (Å²) >= 11 is 0. The molecule has 1 aliphatic heterocycles. The second kappa shape index (κ2) is 8.38. The van der Waals surface area contributed by atoms with E-state index >= 15 is 0 Å². The highest BCUT2D eigenvalue weighted by atomic mass is 19.1. The lowest BCUT2D eigenvalue weighted by atomic mass is 9.95. The van der Waals surface area contributed by atoms with Crippen molar-refractivity contribution >= 4 is 0 Å². The molecule has 3 heteroatoms. The molecule has 1 aromatic rings. The Bertz CT molecular complexity index is 433. The van der Waals surface area contributed by atoms with Crippen molar-refractivity contribution < 1.29 is 14.2 Å². The molecule has 2 rings (SSSR count). The molecule has 118 valence electrons. The van der Waals surface area contributed by atoms with Crippen LogP contribution in [0.4, 0.5) is 4.39 Å². The lowest BCUT2D eigenvalue weighted by molar-refractivity contribution is 0.0601. The number of unbranched alkanes of at least 4 members (excludes halogenated alkanes) is 6. The van der Waals surface area contributed by atoms with Crippen molar-refractivity contribution in [3.05, 3.63) is 29.6 Å². The van der Waals surface area contributed by atoms with Gasteiger partial charge in [0.2, 0.25) is 0 Å². The zero-order valence-electron chi connectivity index (χ0n) is 13.0. The predicted octanol–water partition coefficient (Wildman–Crippen LogP) is 5.15. The molecule has 2 nitrogen and oxygen atoms in total. The van der Waals surface area contributed by atoms with Crippen molar-refractivity contribution in [2.75, 3.05) is 0 Å². The van der Waals surface area contributed by atoms with Crippen molar-refractivity contribution in [3.8, 4) is 5.75 Å². The molecule has 0 saturated heterocycles. The Labute approximate surface area is 127 Å². The Morgan fingerprint density at radius 2 is 1.86 bits per heavy atom. The van der Waals surface area contributed by atoms with E-state index in [1.54, 1.807) is 6.07 Å². The highest BCUT2D eigenvalue weighted by Gasteiger charge is 2.26. The maximum absolute atomic E-state index is 13.2. The first-order valence-corrected chi connectivity index (χ1v) is 8.35. The summed E-state index contributed by atoms with van der Waals surface area (Å²) in [6, 6.07) is 4.40. The van der Waals surface area contributed by atoms with E-state index in [1.807, 2.05) is 0 Å². The highest BCUT2D eigenvalue weighted by molar-refractivity contribution is 5.37. The largest absolute Gasteiger partial charge is 0.490 e. The third-order valence-electron chi connectivity index (χ3n) is 4.24. The molecular formula is C18H27FO2. The molecule has 0 fully saturated rings. The third-order valence-corrected chi connectivity index (χ3v) is 4.24. The maximum atomic E-state index is 13.2. The molecule has 0 amide bonds. The van der Waals surface area contributed by atoms with Crippen LogP contribution in [-0.2, 0) is 0 Å². The van der Waals surface area contributed by atoms with Gasteiger partial charge in [-0.15, -0.1) is 0 Å². The zero-order valence-corrected chi connectivity index (χ0v) is 13.0. The van der Waals surface area contributed by atoms with Gasteiger partial charge in [0.15, 0.2) is 0 Å². The molecule has 0 spiro atoms. The summed E-state index contributed by atoms with van der Waals surface area (Å²) < 4.78 is 19.1. The smallest absolute Gasteiger partial charge is 0.125 e. The molecule has 0 aromatic heterocycles. The van der Waals surface area contributed by atoms with Gasteiger partial charge in [-0.1, -0.05) is 45.4 Å². The molecule has 2 unspecified atom stereocenters. The number of aliphatic hydroxyl groups is 1. The number of aliphatic hydroxyl groups excluding tert-OH is 1. The lowest BCUT2D eigenvalue weighted by Crippen LogP contribution is -2.25. The first kappa shape index (κ1) is 16.3. The molecule has 1 heterocycles. The molecule has 2 atom stereocenters. The molecule has 1 aromatic carbocycles. The SMILES string of the molecule is CCCCCCCCCC1CC(O)c2cc(F)ccc2O1. The first-order chi connectivity index (χ1) is 10.2. The molecular weight excluding hydrogens is 267 g/mol. The monoisotopic (exact) mass is 294 g/mol. The Kier molecular flexibility index (Phi) is 6.50. The van der Waals surface area contributed by atoms with E-state index < -0.39 is 6.10 Å². The third kappa shape index (κ3) is 4.99. The van der Waals surface area contributed by atoms with Crippen LogP contribution in [0.1, 0.15) is 76.4 Å². The van der Waals surface area contributed by atoms with E-state index in [4.69, 9.17) is 4.74 Å². The predicted molar refractivity (Wildman–Crippen MR) is 83.0 cm³/mol. The van der Waals surface area contributed by atoms with Crippen molar-refractivity contribution in [1.82, 2.24) is 0 Å². The van der Waals surface area contributed by atoms with Crippen LogP contribution in [0.5, 0.6) is 5.75 Å². The van der Waals surface area contributed by atoms with E-state index in [0.29, 0.717) is 17.7 Å². The Morgan fingerprint density at radius 3 is 2.62 bits per heavy atom. The number of fused-ring (bicyclic) bond motifs is 1. The second-order valence-electron chi connectivity index (χ2n) is 6.08. The number of benzene rings is 1. The maximum Gasteiger partial charge on any atom is 0.125 e. The second-order valence-corrected chi connectivity index (χ2v) is 6.08. The molecule has 1 N–H and O–H groups in total. The number of hydrogen-bond acceptors (Lipinski definition) is 2. The fourth-order valence-corrected chi connectivity index (χ4v) is 3.00. The van der Waals surface area contributed by atoms with Gasteiger partial charge in [-0.25, -0.2) is 4.39 Å². The first-order valence-electron chi connectivity index (χ1n) is 8.35. The van der Waals surface area contributed by atoms with E-state index in [0.717, 1.165) is 12.8 Å². The lowest BCUT2D eigenvalue weighted by Gasteiger charge is -2.29. The summed E-state index contributed by atoms with van der Waals surface area (Å²) in [5.41, 5.74) is 0.589. The van der Waals surface area contributed by atoms with Crippen LogP contribution in [0.15, 0.2) is 18.2 Å². The average molecular weight is 294 g/mol. The van der Waals surface area contributed by atoms with Crippen molar-refractivity contribution in [1.29, 1.82) is 0 Å². The van der Waals surface area contributed by atoms with E-state index in [-0.39, 0.29) is 11.9 Å². The minimum absolute atomic E-state index is 0.0635. The van der Waals surface area contributed by atoms with Crippen LogP contribution in [0.2, 0.25) is 0 Å². The fourth-order valence-electron chi connectivity index (χ4n) is 3.00. The van der Waals surface area contributed by atoms with Crippen LogP contribution >= 0.6 is 0 Å². The van der Waals surface area contributed by atoms with Crippen molar-refractivity contribution in [2.45, 2.75) is 76.9 Å². The van der Waals surface area contributed by atoms with Crippen LogP contribution < -0.4 is 4.74 Å². The van der Waals surface area contributed by atoms with Crippen molar-refractivity contribution in [2.24, 2.45) is 0 Å². The molecule has 21 heavy (non-hydrogen) atoms. The quantitative estimate of drug-likeness (QED) is 0.672. The van der Waals surface area contributed by atoms with Gasteiger partial charge in [0.25, 0.3) is 0 Å². The van der Waals surface area contributed by atoms with E-state index in [9.17, 15) is 9.50 Å². The van der Waals surface area contributed by atoms with Crippen molar-refractivity contribution in [3.63, 3.8) is 0 Å². The summed E-state index contributed by atoms with van der Waals surface area (Å²) in [7, 11) is 0. The molecule has 0 aliphatic carbocycles. The van der Waals surface area contributed by atoms with Crippen LogP contribution in [-0.4, -0.2) is 11.2 Å². The van der Waals surface area contributed by atoms with Gasteiger partial charge in [-0.3, -0.25) is 0 Å². The normalized spacial score (nSPS) is 20.9. The summed E-state index contributed by atoms with van der Waals surface area (Å²) in [6.07, 6.45) is 9.96. The summed E-state index contributed by atoms with van der Waals surface area (Å²) in [6.45, 7) is 2.23. The highest BCUT2D eigenvalue weighted by Crippen LogP contribution is 2.36. The van der Waals surface area contributed by atoms with E-state index in [1.165, 1.54) is 50.7 Å².